The Hall–Kier alpha value is -2.37. The molecule has 0 aromatic heterocycles. The number of esters is 3. The number of rotatable bonds is 51. The highest BCUT2D eigenvalue weighted by Crippen LogP contribution is 2.17. The van der Waals surface area contributed by atoms with Gasteiger partial charge in [0.05, 0.1) is 0 Å². The normalized spacial score (nSPS) is 12.2. The number of carbonyl (C=O) groups excluding carboxylic acids is 3. The van der Waals surface area contributed by atoms with E-state index in [9.17, 15) is 14.4 Å². The molecule has 0 N–H and O–H groups in total. The fourth-order valence-electron chi connectivity index (χ4n) is 8.22. The highest BCUT2D eigenvalue weighted by molar-refractivity contribution is 5.71. The molecule has 0 saturated carbocycles. The molecule has 0 heterocycles. The number of allylic oxidation sites excluding steroid dienone is 6. The summed E-state index contributed by atoms with van der Waals surface area (Å²) in [6.07, 6.45) is 62.8. The zero-order valence-electron chi connectivity index (χ0n) is 42.8. The molecule has 6 nitrogen and oxygen atoms in total. The Balaban J connectivity index is 4.33. The fourth-order valence-corrected chi connectivity index (χ4v) is 8.22. The Kier molecular flexibility index (Phi) is 51.3. The van der Waals surface area contributed by atoms with Crippen LogP contribution in [0.4, 0.5) is 0 Å². The Morgan fingerprint density at radius 3 is 0.953 bits per heavy atom. The summed E-state index contributed by atoms with van der Waals surface area (Å²) < 4.78 is 16.8. The summed E-state index contributed by atoms with van der Waals surface area (Å²) in [5.74, 6) is -0.903. The van der Waals surface area contributed by atoms with E-state index in [0.29, 0.717) is 19.3 Å². The third-order valence-corrected chi connectivity index (χ3v) is 12.4. The van der Waals surface area contributed by atoms with Crippen molar-refractivity contribution in [2.24, 2.45) is 0 Å². The van der Waals surface area contributed by atoms with Crippen molar-refractivity contribution in [3.05, 3.63) is 36.5 Å². The van der Waals surface area contributed by atoms with Crippen LogP contribution < -0.4 is 0 Å². The number of carbonyl (C=O) groups is 3. The molecule has 0 fully saturated rings. The first-order valence-electron chi connectivity index (χ1n) is 28.0. The molecule has 0 spiro atoms. The summed E-state index contributed by atoms with van der Waals surface area (Å²) in [7, 11) is 0. The second-order valence-corrected chi connectivity index (χ2v) is 18.8. The van der Waals surface area contributed by atoms with Gasteiger partial charge in [0.1, 0.15) is 13.2 Å². The molecule has 374 valence electrons. The molecular formula is C58H106O6. The van der Waals surface area contributed by atoms with E-state index in [2.05, 4.69) is 57.2 Å². The van der Waals surface area contributed by atoms with E-state index >= 15 is 0 Å². The van der Waals surface area contributed by atoms with Crippen LogP contribution in [0.1, 0.15) is 297 Å². The third kappa shape index (κ3) is 50.6. The molecule has 0 saturated heterocycles. The maximum Gasteiger partial charge on any atom is 0.306 e. The Morgan fingerprint density at radius 1 is 0.328 bits per heavy atom. The van der Waals surface area contributed by atoms with Crippen molar-refractivity contribution >= 4 is 17.9 Å². The molecule has 0 aliphatic carbocycles. The van der Waals surface area contributed by atoms with Crippen LogP contribution in [-0.2, 0) is 28.6 Å². The van der Waals surface area contributed by atoms with Crippen molar-refractivity contribution in [3.63, 3.8) is 0 Å². The lowest BCUT2D eigenvalue weighted by molar-refractivity contribution is -0.167. The highest BCUT2D eigenvalue weighted by Gasteiger charge is 2.19. The topological polar surface area (TPSA) is 78.9 Å². The number of hydrogen-bond donors (Lipinski definition) is 0. The molecular weight excluding hydrogens is 793 g/mol. The van der Waals surface area contributed by atoms with E-state index < -0.39 is 6.10 Å². The zero-order chi connectivity index (χ0) is 46.5. The molecule has 0 aromatic carbocycles. The van der Waals surface area contributed by atoms with Gasteiger partial charge >= 0.3 is 17.9 Å². The van der Waals surface area contributed by atoms with Crippen LogP contribution in [0.15, 0.2) is 36.5 Å². The van der Waals surface area contributed by atoms with Crippen LogP contribution in [0.25, 0.3) is 0 Å². The summed E-state index contributed by atoms with van der Waals surface area (Å²) in [5.41, 5.74) is 0. The summed E-state index contributed by atoms with van der Waals surface area (Å²) in [5, 5.41) is 0. The third-order valence-electron chi connectivity index (χ3n) is 12.4. The Morgan fingerprint density at radius 2 is 0.609 bits per heavy atom. The van der Waals surface area contributed by atoms with Crippen LogP contribution in [0.2, 0.25) is 0 Å². The van der Waals surface area contributed by atoms with Crippen molar-refractivity contribution in [2.45, 2.75) is 303 Å². The van der Waals surface area contributed by atoms with Gasteiger partial charge in [-0.1, -0.05) is 263 Å². The average molecular weight is 899 g/mol. The van der Waals surface area contributed by atoms with Crippen molar-refractivity contribution in [2.75, 3.05) is 13.2 Å². The largest absolute Gasteiger partial charge is 0.462 e. The molecule has 6 heteroatoms. The molecule has 1 atom stereocenters. The van der Waals surface area contributed by atoms with Crippen LogP contribution in [0, 0.1) is 0 Å². The molecule has 0 aliphatic rings. The zero-order valence-corrected chi connectivity index (χ0v) is 42.8. The molecule has 0 aliphatic heterocycles. The van der Waals surface area contributed by atoms with E-state index in [4.69, 9.17) is 14.2 Å². The van der Waals surface area contributed by atoms with Gasteiger partial charge in [-0.05, 0) is 51.4 Å². The van der Waals surface area contributed by atoms with Crippen molar-refractivity contribution in [1.29, 1.82) is 0 Å². The molecule has 64 heavy (non-hydrogen) atoms. The Labute approximate surface area is 397 Å². The molecule has 0 amide bonds. The van der Waals surface area contributed by atoms with Crippen molar-refractivity contribution in [1.82, 2.24) is 0 Å². The first kappa shape index (κ1) is 61.6. The summed E-state index contributed by atoms with van der Waals surface area (Å²) in [6, 6.07) is 0. The number of unbranched alkanes of at least 4 members (excludes halogenated alkanes) is 34. The lowest BCUT2D eigenvalue weighted by atomic mass is 10.0. The van der Waals surface area contributed by atoms with Gasteiger partial charge in [-0.25, -0.2) is 0 Å². The van der Waals surface area contributed by atoms with Crippen molar-refractivity contribution < 1.29 is 28.6 Å². The SMILES string of the molecule is CC/C=C\C/C=C\C/C=C\CCCCC(=O)OCC(COC(=O)CCCCCCCCCCCCCCCCCCCC)OC(=O)CCCCCCCCCCCCCCCCCC. The predicted molar refractivity (Wildman–Crippen MR) is 275 cm³/mol. The van der Waals surface area contributed by atoms with Gasteiger partial charge in [0.2, 0.25) is 0 Å². The monoisotopic (exact) mass is 899 g/mol. The van der Waals surface area contributed by atoms with E-state index in [0.717, 1.165) is 77.0 Å². The first-order valence-corrected chi connectivity index (χ1v) is 28.0. The second kappa shape index (κ2) is 53.2. The minimum absolute atomic E-state index is 0.0794. The van der Waals surface area contributed by atoms with E-state index in [1.165, 1.54) is 180 Å². The van der Waals surface area contributed by atoms with E-state index in [-0.39, 0.29) is 31.1 Å². The second-order valence-electron chi connectivity index (χ2n) is 18.8. The van der Waals surface area contributed by atoms with Crippen LogP contribution in [0.3, 0.4) is 0 Å². The van der Waals surface area contributed by atoms with Gasteiger partial charge in [-0.3, -0.25) is 14.4 Å². The molecule has 0 radical (unpaired) electrons. The van der Waals surface area contributed by atoms with Crippen LogP contribution in [-0.4, -0.2) is 37.2 Å². The minimum atomic E-state index is -0.782. The maximum atomic E-state index is 12.8. The highest BCUT2D eigenvalue weighted by atomic mass is 16.6. The van der Waals surface area contributed by atoms with Crippen molar-refractivity contribution in [3.8, 4) is 0 Å². The molecule has 0 aromatic rings. The van der Waals surface area contributed by atoms with Gasteiger partial charge in [0, 0.05) is 19.3 Å². The predicted octanol–water partition coefficient (Wildman–Crippen LogP) is 18.5. The summed E-state index contributed by atoms with van der Waals surface area (Å²) in [6.45, 7) is 6.53. The quantitative estimate of drug-likeness (QED) is 0.0262. The fraction of sp³-hybridized carbons (Fsp3) is 0.845. The van der Waals surface area contributed by atoms with Gasteiger partial charge in [0.15, 0.2) is 6.10 Å². The lowest BCUT2D eigenvalue weighted by Crippen LogP contribution is -2.30. The maximum absolute atomic E-state index is 12.8. The van der Waals surface area contributed by atoms with E-state index in [1.54, 1.807) is 0 Å². The molecule has 1 unspecified atom stereocenters. The van der Waals surface area contributed by atoms with E-state index in [1.807, 2.05) is 0 Å². The number of ether oxygens (including phenoxy) is 3. The lowest BCUT2D eigenvalue weighted by Gasteiger charge is -2.18. The van der Waals surface area contributed by atoms with Gasteiger partial charge in [0.25, 0.3) is 0 Å². The van der Waals surface area contributed by atoms with Crippen LogP contribution >= 0.6 is 0 Å². The summed E-state index contributed by atoms with van der Waals surface area (Å²) >= 11 is 0. The summed E-state index contributed by atoms with van der Waals surface area (Å²) in [4.78, 5) is 38.0. The number of hydrogen-bond acceptors (Lipinski definition) is 6. The van der Waals surface area contributed by atoms with Gasteiger partial charge < -0.3 is 14.2 Å². The van der Waals surface area contributed by atoms with Crippen LogP contribution in [0.5, 0.6) is 0 Å². The standard InChI is InChI=1S/C58H106O6/c1-4-7-10-13-16-19-22-25-27-29-30-32-33-36-39-42-45-48-51-57(60)63-54-55(53-62-56(59)50-47-44-41-38-35-24-21-18-15-12-9-6-3)64-58(61)52-49-46-43-40-37-34-31-28-26-23-20-17-14-11-8-5-2/h9,12,18,21,35,38,55H,4-8,10-11,13-17,19-20,22-34,36-37,39-54H2,1-3H3/b12-9-,21-18-,38-35-. The minimum Gasteiger partial charge on any atom is -0.462 e. The smallest absolute Gasteiger partial charge is 0.306 e. The molecule has 0 bridgehead atoms. The van der Waals surface area contributed by atoms with Gasteiger partial charge in [-0.2, -0.15) is 0 Å². The first-order chi connectivity index (χ1) is 31.5. The van der Waals surface area contributed by atoms with Gasteiger partial charge in [-0.15, -0.1) is 0 Å². The molecule has 0 rings (SSSR count). The average Bonchev–Trinajstić information content (AvgIpc) is 3.29. The Bertz CT molecular complexity index is 1080.